The zero-order valence-corrected chi connectivity index (χ0v) is 10.0. The topological polar surface area (TPSA) is 63.2 Å². The van der Waals surface area contributed by atoms with Crippen LogP contribution in [-0.2, 0) is 28.5 Å². The highest BCUT2D eigenvalue weighted by Gasteiger charge is 2.59. The lowest BCUT2D eigenvalue weighted by Crippen LogP contribution is -2.53. The van der Waals surface area contributed by atoms with Crippen LogP contribution in [0.5, 0.6) is 0 Å². The number of carbonyl (C=O) groups is 1. The Kier molecular flexibility index (Phi) is 2.45. The van der Waals surface area contributed by atoms with Crippen LogP contribution in [0.15, 0.2) is 0 Å². The van der Waals surface area contributed by atoms with Gasteiger partial charge in [0.15, 0.2) is 18.2 Å². The smallest absolute Gasteiger partial charge is 0.303 e. The van der Waals surface area contributed by atoms with Crippen LogP contribution in [0, 0.1) is 0 Å². The fraction of sp³-hybridized carbons (Fsp3) is 0.909. The maximum atomic E-state index is 11.1. The van der Waals surface area contributed by atoms with Gasteiger partial charge in [-0.05, 0) is 13.8 Å². The lowest BCUT2D eigenvalue weighted by Gasteiger charge is -2.34. The van der Waals surface area contributed by atoms with Crippen LogP contribution in [0.3, 0.4) is 0 Å². The number of ether oxygens (including phenoxy) is 5. The molecule has 0 aliphatic carbocycles. The number of esters is 1. The van der Waals surface area contributed by atoms with E-state index in [0.29, 0.717) is 6.61 Å². The third-order valence-electron chi connectivity index (χ3n) is 3.16. The molecule has 6 heteroatoms. The van der Waals surface area contributed by atoms with Gasteiger partial charge in [0.1, 0.15) is 18.3 Å². The summed E-state index contributed by atoms with van der Waals surface area (Å²) in [6.45, 7) is 5.42. The summed E-state index contributed by atoms with van der Waals surface area (Å²) in [4.78, 5) is 11.1. The SMILES string of the molecule is CC(=O)OC1C2COC(O2)C2OC(C)(C)OC12. The maximum absolute atomic E-state index is 11.1. The molecule has 3 aliphatic rings. The van der Waals surface area contributed by atoms with Gasteiger partial charge in [0.05, 0.1) is 6.61 Å². The van der Waals surface area contributed by atoms with Crippen molar-refractivity contribution in [1.82, 2.24) is 0 Å². The Labute approximate surface area is 99.1 Å². The van der Waals surface area contributed by atoms with Crippen molar-refractivity contribution < 1.29 is 28.5 Å². The number of hydrogen-bond donors (Lipinski definition) is 0. The van der Waals surface area contributed by atoms with Gasteiger partial charge in [-0.25, -0.2) is 0 Å². The summed E-state index contributed by atoms with van der Waals surface area (Å²) in [5, 5.41) is 0. The van der Waals surface area contributed by atoms with Crippen LogP contribution in [0.25, 0.3) is 0 Å². The number of rotatable bonds is 1. The summed E-state index contributed by atoms with van der Waals surface area (Å²) in [6.07, 6.45) is -1.80. The Morgan fingerprint density at radius 3 is 2.71 bits per heavy atom. The second kappa shape index (κ2) is 3.65. The van der Waals surface area contributed by atoms with Crippen molar-refractivity contribution in [3.8, 4) is 0 Å². The normalized spacial score (nSPS) is 46.6. The van der Waals surface area contributed by atoms with Crippen molar-refractivity contribution in [2.75, 3.05) is 6.61 Å². The van der Waals surface area contributed by atoms with E-state index in [1.165, 1.54) is 6.92 Å². The molecule has 3 saturated heterocycles. The van der Waals surface area contributed by atoms with Gasteiger partial charge in [0.2, 0.25) is 0 Å². The first-order valence-electron chi connectivity index (χ1n) is 5.76. The molecule has 0 amide bonds. The molecule has 96 valence electrons. The molecule has 3 rings (SSSR count). The van der Waals surface area contributed by atoms with Crippen LogP contribution in [0.1, 0.15) is 20.8 Å². The van der Waals surface area contributed by atoms with Crippen molar-refractivity contribution in [3.63, 3.8) is 0 Å². The minimum absolute atomic E-state index is 0.261. The first-order valence-corrected chi connectivity index (χ1v) is 5.76. The first kappa shape index (κ1) is 11.4. The van der Waals surface area contributed by atoms with Crippen molar-refractivity contribution in [2.24, 2.45) is 0 Å². The summed E-state index contributed by atoms with van der Waals surface area (Å²) < 4.78 is 27.9. The van der Waals surface area contributed by atoms with Gasteiger partial charge in [-0.15, -0.1) is 0 Å². The molecule has 6 nitrogen and oxygen atoms in total. The van der Waals surface area contributed by atoms with Crippen molar-refractivity contribution in [3.05, 3.63) is 0 Å². The summed E-state index contributed by atoms with van der Waals surface area (Å²) >= 11 is 0. The minimum Gasteiger partial charge on any atom is -0.457 e. The number of fused-ring (bicyclic) bond motifs is 4. The predicted molar refractivity (Wildman–Crippen MR) is 54.0 cm³/mol. The van der Waals surface area contributed by atoms with E-state index in [4.69, 9.17) is 23.7 Å². The predicted octanol–water partition coefficient (Wildman–Crippen LogP) is 0.193. The highest BCUT2D eigenvalue weighted by Crippen LogP contribution is 2.41. The molecule has 0 saturated carbocycles. The molecule has 17 heavy (non-hydrogen) atoms. The van der Waals surface area contributed by atoms with E-state index in [2.05, 4.69) is 0 Å². The third-order valence-corrected chi connectivity index (χ3v) is 3.16. The average molecular weight is 244 g/mol. The second-order valence-electron chi connectivity index (χ2n) is 5.02. The van der Waals surface area contributed by atoms with Gasteiger partial charge < -0.3 is 23.7 Å². The standard InChI is InChI=1S/C11H16O6/c1-5(12)14-7-6-4-13-10(15-6)9-8(7)16-11(2,3)17-9/h6-10H,4H2,1-3H3. The van der Waals surface area contributed by atoms with Crippen LogP contribution >= 0.6 is 0 Å². The van der Waals surface area contributed by atoms with Gasteiger partial charge in [0, 0.05) is 6.92 Å². The fourth-order valence-corrected chi connectivity index (χ4v) is 2.61. The van der Waals surface area contributed by atoms with E-state index in [1.807, 2.05) is 13.8 Å². The quantitative estimate of drug-likeness (QED) is 0.614. The second-order valence-corrected chi connectivity index (χ2v) is 5.02. The van der Waals surface area contributed by atoms with Crippen molar-refractivity contribution in [1.29, 1.82) is 0 Å². The number of hydrogen-bond acceptors (Lipinski definition) is 6. The summed E-state index contributed by atoms with van der Waals surface area (Å²) in [6, 6.07) is 0. The van der Waals surface area contributed by atoms with Gasteiger partial charge in [-0.2, -0.15) is 0 Å². The molecule has 3 aliphatic heterocycles. The average Bonchev–Trinajstić information content (AvgIpc) is 2.75. The lowest BCUT2D eigenvalue weighted by molar-refractivity contribution is -0.207. The Morgan fingerprint density at radius 1 is 1.29 bits per heavy atom. The van der Waals surface area contributed by atoms with Crippen molar-refractivity contribution >= 4 is 5.97 Å². The molecule has 0 aromatic rings. The highest BCUT2D eigenvalue weighted by molar-refractivity contribution is 5.66. The molecule has 0 spiro atoms. The summed E-state index contributed by atoms with van der Waals surface area (Å²) in [5.41, 5.74) is 0. The molecule has 0 aromatic heterocycles. The fourth-order valence-electron chi connectivity index (χ4n) is 2.61. The number of carbonyl (C=O) groups excluding carboxylic acids is 1. The van der Waals surface area contributed by atoms with Gasteiger partial charge in [-0.1, -0.05) is 0 Å². The molecular weight excluding hydrogens is 228 g/mol. The van der Waals surface area contributed by atoms with E-state index in [-0.39, 0.29) is 24.3 Å². The molecule has 5 unspecified atom stereocenters. The Hall–Kier alpha value is -0.690. The van der Waals surface area contributed by atoms with E-state index in [1.54, 1.807) is 0 Å². The molecule has 0 aromatic carbocycles. The monoisotopic (exact) mass is 244 g/mol. The zero-order valence-electron chi connectivity index (χ0n) is 10.0. The Morgan fingerprint density at radius 2 is 2.00 bits per heavy atom. The summed E-state index contributed by atoms with van der Waals surface area (Å²) in [7, 11) is 0. The third kappa shape index (κ3) is 1.85. The Bertz CT molecular complexity index is 341. The molecule has 0 radical (unpaired) electrons. The van der Waals surface area contributed by atoms with E-state index >= 15 is 0 Å². The Balaban J connectivity index is 1.85. The van der Waals surface area contributed by atoms with Crippen LogP contribution in [0.2, 0.25) is 0 Å². The van der Waals surface area contributed by atoms with E-state index in [0.717, 1.165) is 0 Å². The van der Waals surface area contributed by atoms with Gasteiger partial charge in [0.25, 0.3) is 0 Å². The van der Waals surface area contributed by atoms with Gasteiger partial charge in [-0.3, -0.25) is 4.79 Å². The maximum Gasteiger partial charge on any atom is 0.303 e. The lowest BCUT2D eigenvalue weighted by atomic mass is 10.0. The molecule has 3 heterocycles. The molecule has 3 fully saturated rings. The molecular formula is C11H16O6. The molecule has 0 N–H and O–H groups in total. The summed E-state index contributed by atoms with van der Waals surface area (Å²) in [5.74, 6) is -1.05. The minimum atomic E-state index is -0.703. The van der Waals surface area contributed by atoms with E-state index < -0.39 is 18.2 Å². The zero-order chi connectivity index (χ0) is 12.2. The largest absolute Gasteiger partial charge is 0.457 e. The van der Waals surface area contributed by atoms with Crippen LogP contribution in [0.4, 0.5) is 0 Å². The first-order chi connectivity index (χ1) is 7.96. The molecule has 5 atom stereocenters. The van der Waals surface area contributed by atoms with Crippen LogP contribution < -0.4 is 0 Å². The highest BCUT2D eigenvalue weighted by atomic mass is 16.8. The van der Waals surface area contributed by atoms with Crippen molar-refractivity contribution in [2.45, 2.75) is 57.3 Å². The van der Waals surface area contributed by atoms with Gasteiger partial charge >= 0.3 is 5.97 Å². The van der Waals surface area contributed by atoms with E-state index in [9.17, 15) is 4.79 Å². The molecule has 2 bridgehead atoms. The van der Waals surface area contributed by atoms with Crippen LogP contribution in [-0.4, -0.2) is 49.1 Å².